The second-order valence-corrected chi connectivity index (χ2v) is 23.8. The molecule has 3 aromatic rings. The number of alkyl halides is 1. The van der Waals surface area contributed by atoms with Crippen LogP contribution in [0.3, 0.4) is 0 Å². The number of aromatic nitrogens is 2. The molecule has 2 aromatic carbocycles. The minimum absolute atomic E-state index is 0.0166. The topological polar surface area (TPSA) is 45.4 Å². The third kappa shape index (κ3) is 7.31. The number of ether oxygens (including phenoxy) is 1. The normalized spacial score (nSPS) is 13.6. The standard InChI is InChI=1S/C29H42I2N2O3Si2/c1-23(21-32-26(20-30)27(31)28(34)33(32)22-35-18-19-37(5,6)7)36-38(29(2,3)4,24-14-10-8-11-15-24)25-16-12-9-13-17-25/h8-17,23H,18-22H2,1-7H3/t23-/m0/s1. The molecule has 0 aliphatic rings. The van der Waals surface area contributed by atoms with Crippen molar-refractivity contribution in [3.63, 3.8) is 0 Å². The lowest BCUT2D eigenvalue weighted by Gasteiger charge is -2.44. The van der Waals surface area contributed by atoms with E-state index in [4.69, 9.17) is 9.16 Å². The minimum Gasteiger partial charge on any atom is -0.403 e. The molecule has 0 spiro atoms. The molecule has 0 saturated heterocycles. The Morgan fingerprint density at radius 1 is 0.921 bits per heavy atom. The van der Waals surface area contributed by atoms with Gasteiger partial charge >= 0.3 is 0 Å². The zero-order valence-corrected chi connectivity index (χ0v) is 30.1. The summed E-state index contributed by atoms with van der Waals surface area (Å²) in [4.78, 5) is 13.3. The largest absolute Gasteiger partial charge is 0.403 e. The van der Waals surface area contributed by atoms with Gasteiger partial charge in [0.25, 0.3) is 13.9 Å². The van der Waals surface area contributed by atoms with Crippen molar-refractivity contribution in [2.24, 2.45) is 0 Å². The van der Waals surface area contributed by atoms with E-state index in [9.17, 15) is 4.79 Å². The van der Waals surface area contributed by atoms with Crippen LogP contribution in [0.25, 0.3) is 0 Å². The summed E-state index contributed by atoms with van der Waals surface area (Å²) < 4.78 is 18.7. The van der Waals surface area contributed by atoms with Crippen LogP contribution < -0.4 is 15.9 Å². The Bertz CT molecular complexity index is 1190. The fourth-order valence-corrected chi connectivity index (χ4v) is 12.6. The van der Waals surface area contributed by atoms with Crippen molar-refractivity contribution >= 4 is 71.9 Å². The van der Waals surface area contributed by atoms with E-state index in [2.05, 4.69) is 158 Å². The maximum atomic E-state index is 13.3. The van der Waals surface area contributed by atoms with Gasteiger partial charge in [0.05, 0.1) is 18.3 Å². The van der Waals surface area contributed by atoms with Gasteiger partial charge in [-0.05, 0) is 51.0 Å². The third-order valence-corrected chi connectivity index (χ3v) is 15.5. The van der Waals surface area contributed by atoms with Gasteiger partial charge in [-0.2, -0.15) is 0 Å². The quantitative estimate of drug-likeness (QED) is 0.0919. The summed E-state index contributed by atoms with van der Waals surface area (Å²) in [5.74, 6) is 0. The number of halogens is 2. The molecule has 9 heteroatoms. The molecule has 0 N–H and O–H groups in total. The molecular formula is C29H42I2N2O3Si2. The molecule has 5 nitrogen and oxygen atoms in total. The summed E-state index contributed by atoms with van der Waals surface area (Å²) in [6.45, 7) is 17.6. The fraction of sp³-hybridized carbons (Fsp3) is 0.483. The van der Waals surface area contributed by atoms with Crippen LogP contribution in [0, 0.1) is 3.57 Å². The molecule has 0 bridgehead atoms. The van der Waals surface area contributed by atoms with Crippen molar-refractivity contribution in [3.05, 3.63) is 80.3 Å². The maximum Gasteiger partial charge on any atom is 0.282 e. The van der Waals surface area contributed by atoms with Gasteiger partial charge < -0.3 is 9.16 Å². The summed E-state index contributed by atoms with van der Waals surface area (Å²) in [6.07, 6.45) is -0.126. The summed E-state index contributed by atoms with van der Waals surface area (Å²) in [5, 5.41) is 2.41. The highest BCUT2D eigenvalue weighted by Gasteiger charge is 2.51. The van der Waals surface area contributed by atoms with Gasteiger partial charge in [-0.15, -0.1) is 0 Å². The Kier molecular flexibility index (Phi) is 11.1. The smallest absolute Gasteiger partial charge is 0.282 e. The summed E-state index contributed by atoms with van der Waals surface area (Å²) in [6, 6.07) is 22.5. The summed E-state index contributed by atoms with van der Waals surface area (Å²) >= 11 is 4.54. The van der Waals surface area contributed by atoms with Crippen molar-refractivity contribution in [3.8, 4) is 0 Å². The van der Waals surface area contributed by atoms with E-state index in [1.165, 1.54) is 10.4 Å². The monoisotopic (exact) mass is 776 g/mol. The molecule has 0 radical (unpaired) electrons. The molecule has 1 aromatic heterocycles. The van der Waals surface area contributed by atoms with E-state index in [1.807, 2.05) is 0 Å². The predicted molar refractivity (Wildman–Crippen MR) is 181 cm³/mol. The van der Waals surface area contributed by atoms with Crippen LogP contribution in [0.2, 0.25) is 30.7 Å². The van der Waals surface area contributed by atoms with Gasteiger partial charge in [-0.1, -0.05) is 124 Å². The van der Waals surface area contributed by atoms with Gasteiger partial charge in [0.15, 0.2) is 0 Å². The molecule has 0 fully saturated rings. The van der Waals surface area contributed by atoms with Gasteiger partial charge in [0.2, 0.25) is 0 Å². The number of nitrogens with zero attached hydrogens (tertiary/aromatic N) is 2. The Morgan fingerprint density at radius 2 is 1.45 bits per heavy atom. The average Bonchev–Trinajstić information content (AvgIpc) is 3.08. The van der Waals surface area contributed by atoms with Crippen LogP contribution in [-0.2, 0) is 26.9 Å². The van der Waals surface area contributed by atoms with E-state index < -0.39 is 16.4 Å². The van der Waals surface area contributed by atoms with Crippen LogP contribution in [0.5, 0.6) is 0 Å². The van der Waals surface area contributed by atoms with Crippen molar-refractivity contribution in [2.75, 3.05) is 6.61 Å². The molecule has 0 unspecified atom stereocenters. The van der Waals surface area contributed by atoms with E-state index in [-0.39, 0.29) is 23.4 Å². The second-order valence-electron chi connectivity index (χ2n) is 12.1. The average molecular weight is 777 g/mol. The SMILES string of the molecule is C[C@@H](Cn1c(CI)c(I)c(=O)n1COCC[Si](C)(C)C)O[Si](c1ccccc1)(c1ccccc1)C(C)(C)C. The first kappa shape index (κ1) is 31.8. The van der Waals surface area contributed by atoms with Crippen LogP contribution in [0.15, 0.2) is 65.5 Å². The summed E-state index contributed by atoms with van der Waals surface area (Å²) in [5.41, 5.74) is 1.05. The highest BCUT2D eigenvalue weighted by molar-refractivity contribution is 14.1. The van der Waals surface area contributed by atoms with E-state index in [0.717, 1.165) is 19.7 Å². The van der Waals surface area contributed by atoms with Crippen molar-refractivity contribution in [1.82, 2.24) is 9.36 Å². The number of hydrogen-bond acceptors (Lipinski definition) is 3. The molecule has 1 atom stereocenters. The highest BCUT2D eigenvalue weighted by Crippen LogP contribution is 2.37. The first-order chi connectivity index (χ1) is 17.8. The zero-order chi connectivity index (χ0) is 28.1. The highest BCUT2D eigenvalue weighted by atomic mass is 127. The number of benzene rings is 2. The lowest BCUT2D eigenvalue weighted by Crippen LogP contribution is -2.67. The molecular weight excluding hydrogens is 734 g/mol. The van der Waals surface area contributed by atoms with Crippen LogP contribution in [-0.4, -0.2) is 38.5 Å². The molecule has 0 aliphatic carbocycles. The second kappa shape index (κ2) is 13.3. The molecule has 0 saturated carbocycles. The third-order valence-electron chi connectivity index (χ3n) is 6.84. The zero-order valence-electron chi connectivity index (χ0n) is 23.8. The molecule has 0 amide bonds. The lowest BCUT2D eigenvalue weighted by molar-refractivity contribution is 0.0592. The van der Waals surface area contributed by atoms with Crippen molar-refractivity contribution < 1.29 is 9.16 Å². The predicted octanol–water partition coefficient (Wildman–Crippen LogP) is 6.47. The molecule has 1 heterocycles. The van der Waals surface area contributed by atoms with Gasteiger partial charge in [-0.3, -0.25) is 9.48 Å². The summed E-state index contributed by atoms with van der Waals surface area (Å²) in [7, 11) is -3.91. The Morgan fingerprint density at radius 3 is 1.89 bits per heavy atom. The van der Waals surface area contributed by atoms with E-state index in [1.54, 1.807) is 4.68 Å². The number of hydrogen-bond donors (Lipinski definition) is 0. The van der Waals surface area contributed by atoms with Gasteiger partial charge in [0.1, 0.15) is 10.3 Å². The van der Waals surface area contributed by atoms with Gasteiger partial charge in [-0.25, -0.2) is 4.68 Å². The Balaban J connectivity index is 1.99. The Hall–Kier alpha value is -0.736. The maximum absolute atomic E-state index is 13.3. The molecule has 3 rings (SSSR count). The number of rotatable bonds is 12. The van der Waals surface area contributed by atoms with E-state index in [0.29, 0.717) is 13.2 Å². The van der Waals surface area contributed by atoms with Crippen molar-refractivity contribution in [1.29, 1.82) is 0 Å². The molecule has 208 valence electrons. The first-order valence-corrected chi connectivity index (χ1v) is 21.4. The fourth-order valence-electron chi connectivity index (χ4n) is 4.87. The minimum atomic E-state index is -2.70. The molecule has 38 heavy (non-hydrogen) atoms. The first-order valence-electron chi connectivity index (χ1n) is 13.2. The van der Waals surface area contributed by atoms with Crippen LogP contribution >= 0.6 is 45.2 Å². The van der Waals surface area contributed by atoms with Gasteiger partial charge in [0, 0.05) is 19.1 Å². The van der Waals surface area contributed by atoms with E-state index >= 15 is 0 Å². The Labute approximate surface area is 257 Å². The molecule has 0 aliphatic heterocycles. The van der Waals surface area contributed by atoms with Crippen molar-refractivity contribution in [2.45, 2.75) is 82.2 Å². The lowest BCUT2D eigenvalue weighted by atomic mass is 10.2. The van der Waals surface area contributed by atoms with Crippen LogP contribution in [0.1, 0.15) is 33.4 Å². The van der Waals surface area contributed by atoms with Crippen LogP contribution in [0.4, 0.5) is 0 Å².